The van der Waals surface area contributed by atoms with E-state index in [0.717, 1.165) is 45.3 Å². The van der Waals surface area contributed by atoms with Crippen LogP contribution in [0.15, 0.2) is 42.7 Å². The van der Waals surface area contributed by atoms with Gasteiger partial charge in [0.25, 0.3) is 11.8 Å². The molecule has 2 saturated heterocycles. The van der Waals surface area contributed by atoms with Gasteiger partial charge < -0.3 is 15.4 Å². The first-order chi connectivity index (χ1) is 25.6. The molecule has 2 amide bonds. The van der Waals surface area contributed by atoms with Crippen molar-refractivity contribution in [3.05, 3.63) is 59.7 Å². The first-order valence-corrected chi connectivity index (χ1v) is 20.1. The minimum Gasteiger partial charge on any atom is -0.378 e. The highest BCUT2D eigenvalue weighted by Crippen LogP contribution is 2.54. The summed E-state index contributed by atoms with van der Waals surface area (Å²) in [7, 11) is 1.88. The molecule has 2 N–H and O–H groups in total. The number of nitrogens with one attached hydrogen (secondary N) is 2. The molecule has 4 heterocycles. The van der Waals surface area contributed by atoms with Crippen LogP contribution in [0.3, 0.4) is 0 Å². The number of hydrogen-bond acceptors (Lipinski definition) is 9. The number of fused-ring (bicyclic) bond motifs is 3. The van der Waals surface area contributed by atoms with Crippen molar-refractivity contribution in [3.63, 3.8) is 0 Å². The van der Waals surface area contributed by atoms with E-state index in [1.807, 2.05) is 36.4 Å². The molecule has 2 aromatic heterocycles. The van der Waals surface area contributed by atoms with Gasteiger partial charge in [-0.1, -0.05) is 54.6 Å². The second-order valence-electron chi connectivity index (χ2n) is 16.8. The predicted molar refractivity (Wildman–Crippen MR) is 207 cm³/mol. The number of ether oxygens (including phenoxy) is 1. The summed E-state index contributed by atoms with van der Waals surface area (Å²) < 4.78 is 9.44. The zero-order chi connectivity index (χ0) is 37.4. The number of hydrogen-bond donors (Lipinski definition) is 2. The number of likely N-dealkylation sites (tertiary alicyclic amines) is 2. The van der Waals surface area contributed by atoms with Crippen LogP contribution in [-0.4, -0.2) is 108 Å². The summed E-state index contributed by atoms with van der Waals surface area (Å²) in [5.74, 6) is -0.211. The van der Waals surface area contributed by atoms with Gasteiger partial charge in [-0.05, 0) is 96.0 Å². The Hall–Kier alpha value is -3.68. The molecular formula is C40H64N10O3. The molecule has 7 fully saturated rings. The number of amides is 2. The molecule has 3 aromatic rings. The van der Waals surface area contributed by atoms with Gasteiger partial charge in [-0.15, -0.1) is 10.2 Å². The molecular weight excluding hydrogens is 669 g/mol. The van der Waals surface area contributed by atoms with Crippen molar-refractivity contribution in [1.29, 1.82) is 0 Å². The lowest BCUT2D eigenvalue weighted by Crippen LogP contribution is -2.73. The molecule has 0 radical (unpaired) electrons. The van der Waals surface area contributed by atoms with Crippen molar-refractivity contribution in [2.45, 2.75) is 140 Å². The van der Waals surface area contributed by atoms with E-state index < -0.39 is 0 Å². The zero-order valence-electron chi connectivity index (χ0n) is 32.6. The molecule has 7 aliphatic rings. The number of carbonyl (C=O) groups excluding carboxylic acids is 2. The molecule has 2 bridgehead atoms. The number of nitrogens with zero attached hydrogens (tertiary/aromatic N) is 8. The van der Waals surface area contributed by atoms with Crippen molar-refractivity contribution in [1.82, 2.24) is 50.4 Å². The summed E-state index contributed by atoms with van der Waals surface area (Å²) >= 11 is 0. The predicted octanol–water partition coefficient (Wildman–Crippen LogP) is 5.85. The third-order valence-electron chi connectivity index (χ3n) is 13.0. The lowest BCUT2D eigenvalue weighted by atomic mass is 9.58. The summed E-state index contributed by atoms with van der Waals surface area (Å²) in [6.45, 7) is 14.5. The Morgan fingerprint density at radius 1 is 0.830 bits per heavy atom. The smallest absolute Gasteiger partial charge is 0.273 e. The number of benzene rings is 1. The number of methoxy groups -OCH3 is 1. The molecule has 13 heteroatoms. The molecule has 292 valence electrons. The molecule has 5 saturated carbocycles. The van der Waals surface area contributed by atoms with E-state index in [-0.39, 0.29) is 37.9 Å². The van der Waals surface area contributed by atoms with Crippen LogP contribution in [0.25, 0.3) is 0 Å². The Kier molecular flexibility index (Phi) is 10.8. The van der Waals surface area contributed by atoms with Gasteiger partial charge in [0.05, 0.1) is 42.2 Å². The van der Waals surface area contributed by atoms with Crippen LogP contribution < -0.4 is 10.6 Å². The van der Waals surface area contributed by atoms with Crippen LogP contribution in [0, 0.1) is 5.41 Å². The Labute approximate surface area is 317 Å². The highest BCUT2D eigenvalue weighted by Gasteiger charge is 2.51. The van der Waals surface area contributed by atoms with Gasteiger partial charge in [0, 0.05) is 47.7 Å². The van der Waals surface area contributed by atoms with Crippen molar-refractivity contribution in [3.8, 4) is 0 Å². The molecule has 13 nitrogen and oxygen atoms in total. The van der Waals surface area contributed by atoms with Gasteiger partial charge in [-0.3, -0.25) is 19.4 Å². The topological polar surface area (TPSA) is 135 Å². The summed E-state index contributed by atoms with van der Waals surface area (Å²) in [6, 6.07) is 12.1. The average Bonchev–Trinajstić information content (AvgIpc) is 4.11. The van der Waals surface area contributed by atoms with Gasteiger partial charge in [0.2, 0.25) is 0 Å². The zero-order valence-corrected chi connectivity index (χ0v) is 32.6. The molecule has 2 atom stereocenters. The largest absolute Gasteiger partial charge is 0.378 e. The highest BCUT2D eigenvalue weighted by atomic mass is 16.5. The fraction of sp³-hybridized carbons (Fsp3) is 0.700. The quantitative estimate of drug-likeness (QED) is 0.249. The summed E-state index contributed by atoms with van der Waals surface area (Å²) in [5.41, 5.74) is 2.74. The Balaban J connectivity index is 0.000000195. The van der Waals surface area contributed by atoms with Gasteiger partial charge in [-0.25, -0.2) is 9.36 Å². The van der Waals surface area contributed by atoms with Gasteiger partial charge in [0.1, 0.15) is 0 Å². The summed E-state index contributed by atoms with van der Waals surface area (Å²) in [6.07, 6.45) is 15.6. The maximum Gasteiger partial charge on any atom is 0.273 e. The summed E-state index contributed by atoms with van der Waals surface area (Å²) in [5, 5.41) is 22.4. The normalized spacial score (nSPS) is 28.3. The van der Waals surface area contributed by atoms with Crippen molar-refractivity contribution in [2.24, 2.45) is 5.41 Å². The van der Waals surface area contributed by atoms with Gasteiger partial charge >= 0.3 is 0 Å². The van der Waals surface area contributed by atoms with E-state index in [4.69, 9.17) is 4.74 Å². The third kappa shape index (κ3) is 8.07. The number of carbonyl (C=O) groups is 2. The maximum atomic E-state index is 12.5. The Bertz CT molecular complexity index is 1700. The SMILES string of the molecule is CC.CC(c1ccccc1)N1CC(NC(=O)c2cn(C3CC3)nn2)C1(C)C.COC12CCC(CN3CC(NC(=O)c4cn(C5CC5)nn4)C3)(CC1)CC2.[HH].[HH]. The van der Waals surface area contributed by atoms with Crippen LogP contribution in [0.5, 0.6) is 0 Å². The van der Waals surface area contributed by atoms with Crippen LogP contribution in [0.4, 0.5) is 0 Å². The van der Waals surface area contributed by atoms with E-state index in [1.54, 1.807) is 12.4 Å². The Morgan fingerprint density at radius 2 is 1.36 bits per heavy atom. The van der Waals surface area contributed by atoms with Crippen molar-refractivity contribution in [2.75, 3.05) is 33.3 Å². The molecule has 5 aliphatic carbocycles. The maximum absolute atomic E-state index is 12.5. The van der Waals surface area contributed by atoms with E-state index >= 15 is 0 Å². The third-order valence-corrected chi connectivity index (χ3v) is 13.0. The van der Waals surface area contributed by atoms with Crippen molar-refractivity contribution < 1.29 is 17.2 Å². The van der Waals surface area contributed by atoms with Gasteiger partial charge in [-0.2, -0.15) is 0 Å². The number of rotatable bonds is 11. The first-order valence-electron chi connectivity index (χ1n) is 20.1. The molecule has 2 aliphatic heterocycles. The first kappa shape index (κ1) is 37.6. The van der Waals surface area contributed by atoms with E-state index in [1.165, 1.54) is 50.6 Å². The van der Waals surface area contributed by atoms with E-state index in [0.29, 0.717) is 34.9 Å². The molecule has 0 spiro atoms. The fourth-order valence-electron chi connectivity index (χ4n) is 8.86. The standard InChI is InChI=1S/C19H29N5O2.C19H25N5O.C2H6.2H2/c1-26-19-7-4-18(5-8-19,6-9-19)13-23-10-14(11-23)20-17(25)16-12-24(22-21-16)15-2-3-15;1-13(14-7-5-4-6-8-14)23-12-17(19(23,2)3)20-18(25)16-11-24(22-21-16)15-9-10-15;1-2;;/h12,14-15H,2-11,13H2,1H3,(H,20,25);4-8,11,13,15,17H,9-10,12H2,1-3H3,(H,20,25);1-2H3;2*1H. The minimum absolute atomic E-state index is 0. The van der Waals surface area contributed by atoms with Crippen LogP contribution in [0.1, 0.15) is 146 Å². The second kappa shape index (κ2) is 15.2. The molecule has 53 heavy (non-hydrogen) atoms. The Morgan fingerprint density at radius 3 is 1.85 bits per heavy atom. The highest BCUT2D eigenvalue weighted by molar-refractivity contribution is 5.92. The lowest BCUT2D eigenvalue weighted by molar-refractivity contribution is -0.127. The fourth-order valence-corrected chi connectivity index (χ4v) is 8.86. The van der Waals surface area contributed by atoms with Crippen molar-refractivity contribution >= 4 is 11.8 Å². The second-order valence-corrected chi connectivity index (χ2v) is 16.8. The minimum atomic E-state index is -0.128. The summed E-state index contributed by atoms with van der Waals surface area (Å²) in [4.78, 5) is 29.8. The lowest BCUT2D eigenvalue weighted by Gasteiger charge is -2.57. The number of aromatic nitrogens is 6. The van der Waals surface area contributed by atoms with E-state index in [9.17, 15) is 9.59 Å². The monoisotopic (exact) mass is 733 g/mol. The molecule has 10 rings (SSSR count). The molecule has 2 unspecified atom stereocenters. The van der Waals surface area contributed by atoms with Crippen LogP contribution >= 0.6 is 0 Å². The van der Waals surface area contributed by atoms with Crippen LogP contribution in [0.2, 0.25) is 0 Å². The van der Waals surface area contributed by atoms with Gasteiger partial charge in [0.15, 0.2) is 11.4 Å². The average molecular weight is 733 g/mol. The molecule has 1 aromatic carbocycles. The van der Waals surface area contributed by atoms with Crippen LogP contribution in [-0.2, 0) is 4.74 Å². The van der Waals surface area contributed by atoms with E-state index in [2.05, 4.69) is 86.1 Å².